The van der Waals surface area contributed by atoms with Crippen LogP contribution < -0.4 is 5.32 Å². The number of aryl methyl sites for hydroxylation is 1. The van der Waals surface area contributed by atoms with Gasteiger partial charge in [-0.1, -0.05) is 33.6 Å². The Bertz CT molecular complexity index is 300. The van der Waals surface area contributed by atoms with E-state index in [1.165, 1.54) is 31.4 Å². The summed E-state index contributed by atoms with van der Waals surface area (Å²) < 4.78 is 1.90. The van der Waals surface area contributed by atoms with E-state index in [0.29, 0.717) is 12.0 Å². The van der Waals surface area contributed by atoms with Crippen molar-refractivity contribution in [1.82, 2.24) is 15.1 Å². The minimum absolute atomic E-state index is 0.418. The summed E-state index contributed by atoms with van der Waals surface area (Å²) in [5.41, 5.74) is 1.20. The van der Waals surface area contributed by atoms with Gasteiger partial charge in [-0.3, -0.25) is 4.68 Å². The molecule has 0 amide bonds. The molecule has 0 fully saturated rings. The highest BCUT2D eigenvalue weighted by Gasteiger charge is 2.22. The molecule has 98 valence electrons. The Hall–Kier alpha value is -0.830. The molecule has 1 N–H and O–H groups in total. The van der Waals surface area contributed by atoms with E-state index in [2.05, 4.69) is 37.3 Å². The summed E-state index contributed by atoms with van der Waals surface area (Å²) in [5.74, 6) is 0.708. The van der Waals surface area contributed by atoms with Gasteiger partial charge in [0.05, 0.1) is 11.7 Å². The average Bonchev–Trinajstić information content (AvgIpc) is 2.72. The van der Waals surface area contributed by atoms with Gasteiger partial charge in [-0.05, 0) is 31.4 Å². The van der Waals surface area contributed by atoms with Gasteiger partial charge < -0.3 is 5.32 Å². The molecule has 1 unspecified atom stereocenters. The second-order valence-corrected chi connectivity index (χ2v) is 4.79. The Morgan fingerprint density at radius 2 is 1.88 bits per heavy atom. The van der Waals surface area contributed by atoms with Crippen LogP contribution in [-0.2, 0) is 7.05 Å². The third-order valence-electron chi connectivity index (χ3n) is 3.27. The fraction of sp³-hybridized carbons (Fsp3) is 0.786. The molecule has 1 aromatic heterocycles. The van der Waals surface area contributed by atoms with Crippen LogP contribution in [0.5, 0.6) is 0 Å². The van der Waals surface area contributed by atoms with Gasteiger partial charge in [0, 0.05) is 13.2 Å². The second kappa shape index (κ2) is 7.49. The molecule has 0 aliphatic heterocycles. The van der Waals surface area contributed by atoms with E-state index in [1.807, 2.05) is 17.9 Å². The standard InChI is InChI=1S/C14H27N3/c1-5-8-12(9-6-2)14(15-7-3)13-10-11-17(4)16-13/h10-12,14-15H,5-9H2,1-4H3. The monoisotopic (exact) mass is 237 g/mol. The zero-order valence-electron chi connectivity index (χ0n) is 11.7. The lowest BCUT2D eigenvalue weighted by atomic mass is 9.88. The van der Waals surface area contributed by atoms with E-state index in [-0.39, 0.29) is 0 Å². The maximum absolute atomic E-state index is 4.57. The predicted molar refractivity (Wildman–Crippen MR) is 72.9 cm³/mol. The van der Waals surface area contributed by atoms with Gasteiger partial charge >= 0.3 is 0 Å². The normalized spacial score (nSPS) is 13.2. The van der Waals surface area contributed by atoms with Gasteiger partial charge in [-0.2, -0.15) is 5.10 Å². The molecule has 1 heterocycles. The van der Waals surface area contributed by atoms with Gasteiger partial charge in [0.2, 0.25) is 0 Å². The van der Waals surface area contributed by atoms with Gasteiger partial charge in [0.15, 0.2) is 0 Å². The SMILES string of the molecule is CCCC(CCC)C(NCC)c1ccn(C)n1. The van der Waals surface area contributed by atoms with E-state index in [1.54, 1.807) is 0 Å². The Balaban J connectivity index is 2.80. The van der Waals surface area contributed by atoms with Crippen LogP contribution in [0.3, 0.4) is 0 Å². The first-order valence-corrected chi connectivity index (χ1v) is 6.95. The van der Waals surface area contributed by atoms with Crippen LogP contribution in [0, 0.1) is 5.92 Å². The lowest BCUT2D eigenvalue weighted by Crippen LogP contribution is -2.29. The van der Waals surface area contributed by atoms with Crippen molar-refractivity contribution >= 4 is 0 Å². The molecule has 17 heavy (non-hydrogen) atoms. The second-order valence-electron chi connectivity index (χ2n) is 4.79. The highest BCUT2D eigenvalue weighted by molar-refractivity contribution is 5.07. The van der Waals surface area contributed by atoms with Gasteiger partial charge in [-0.15, -0.1) is 0 Å². The summed E-state index contributed by atoms with van der Waals surface area (Å²) in [7, 11) is 1.99. The van der Waals surface area contributed by atoms with E-state index < -0.39 is 0 Å². The largest absolute Gasteiger partial charge is 0.309 e. The van der Waals surface area contributed by atoms with Crippen LogP contribution in [0.2, 0.25) is 0 Å². The van der Waals surface area contributed by atoms with E-state index >= 15 is 0 Å². The van der Waals surface area contributed by atoms with Crippen molar-refractivity contribution < 1.29 is 0 Å². The average molecular weight is 237 g/mol. The highest BCUT2D eigenvalue weighted by Crippen LogP contribution is 2.28. The first-order valence-electron chi connectivity index (χ1n) is 6.95. The van der Waals surface area contributed by atoms with Gasteiger partial charge in [-0.25, -0.2) is 0 Å². The molecule has 0 saturated heterocycles. The van der Waals surface area contributed by atoms with Crippen LogP contribution >= 0.6 is 0 Å². The molecular formula is C14H27N3. The summed E-state index contributed by atoms with van der Waals surface area (Å²) in [5, 5.41) is 8.18. The summed E-state index contributed by atoms with van der Waals surface area (Å²) in [6, 6.07) is 2.56. The van der Waals surface area contributed by atoms with Crippen molar-refractivity contribution in [2.45, 2.75) is 52.5 Å². The topological polar surface area (TPSA) is 29.9 Å². The fourth-order valence-electron chi connectivity index (χ4n) is 2.55. The third-order valence-corrected chi connectivity index (χ3v) is 3.27. The number of aromatic nitrogens is 2. The molecule has 0 spiro atoms. The number of nitrogens with one attached hydrogen (secondary N) is 1. The minimum Gasteiger partial charge on any atom is -0.309 e. The summed E-state index contributed by atoms with van der Waals surface area (Å²) in [6.07, 6.45) is 7.09. The molecule has 3 heteroatoms. The van der Waals surface area contributed by atoms with Crippen LogP contribution in [0.1, 0.15) is 58.2 Å². The van der Waals surface area contributed by atoms with Crippen molar-refractivity contribution in [2.24, 2.45) is 13.0 Å². The molecule has 0 saturated carbocycles. The molecule has 0 radical (unpaired) electrons. The van der Waals surface area contributed by atoms with Crippen LogP contribution in [-0.4, -0.2) is 16.3 Å². The Kier molecular flexibility index (Phi) is 6.27. The zero-order chi connectivity index (χ0) is 12.7. The smallest absolute Gasteiger partial charge is 0.0796 e. The van der Waals surface area contributed by atoms with Crippen LogP contribution in [0.15, 0.2) is 12.3 Å². The maximum atomic E-state index is 4.57. The lowest BCUT2D eigenvalue weighted by molar-refractivity contribution is 0.313. The Labute approximate surface area is 106 Å². The lowest BCUT2D eigenvalue weighted by Gasteiger charge is -2.26. The summed E-state index contributed by atoms with van der Waals surface area (Å²) in [4.78, 5) is 0. The molecule has 1 atom stereocenters. The zero-order valence-corrected chi connectivity index (χ0v) is 11.7. The molecule has 3 nitrogen and oxygen atoms in total. The maximum Gasteiger partial charge on any atom is 0.0796 e. The van der Waals surface area contributed by atoms with E-state index in [0.717, 1.165) is 6.54 Å². The van der Waals surface area contributed by atoms with E-state index in [4.69, 9.17) is 0 Å². The minimum atomic E-state index is 0.418. The Morgan fingerprint density at radius 3 is 2.29 bits per heavy atom. The first-order chi connectivity index (χ1) is 8.22. The molecule has 1 aromatic rings. The molecule has 0 aromatic carbocycles. The van der Waals surface area contributed by atoms with Crippen molar-refractivity contribution in [2.75, 3.05) is 6.54 Å². The fourth-order valence-corrected chi connectivity index (χ4v) is 2.55. The van der Waals surface area contributed by atoms with Gasteiger partial charge in [0.1, 0.15) is 0 Å². The number of rotatable bonds is 8. The molecule has 0 aliphatic rings. The number of nitrogens with zero attached hydrogens (tertiary/aromatic N) is 2. The molecule has 0 aliphatic carbocycles. The van der Waals surface area contributed by atoms with E-state index in [9.17, 15) is 0 Å². The van der Waals surface area contributed by atoms with Crippen LogP contribution in [0.4, 0.5) is 0 Å². The van der Waals surface area contributed by atoms with Crippen molar-refractivity contribution in [1.29, 1.82) is 0 Å². The van der Waals surface area contributed by atoms with Crippen molar-refractivity contribution in [3.63, 3.8) is 0 Å². The van der Waals surface area contributed by atoms with Crippen LogP contribution in [0.25, 0.3) is 0 Å². The predicted octanol–water partition coefficient (Wildman–Crippen LogP) is 3.29. The molecule has 1 rings (SSSR count). The van der Waals surface area contributed by atoms with Gasteiger partial charge in [0.25, 0.3) is 0 Å². The molecule has 0 bridgehead atoms. The molecular weight excluding hydrogens is 210 g/mol. The number of hydrogen-bond donors (Lipinski definition) is 1. The summed E-state index contributed by atoms with van der Waals surface area (Å²) in [6.45, 7) is 7.71. The first kappa shape index (κ1) is 14.2. The summed E-state index contributed by atoms with van der Waals surface area (Å²) >= 11 is 0. The Morgan fingerprint density at radius 1 is 1.24 bits per heavy atom. The third kappa shape index (κ3) is 4.15. The number of hydrogen-bond acceptors (Lipinski definition) is 2. The van der Waals surface area contributed by atoms with Crippen molar-refractivity contribution in [3.8, 4) is 0 Å². The highest BCUT2D eigenvalue weighted by atomic mass is 15.3. The quantitative estimate of drug-likeness (QED) is 0.752. The van der Waals surface area contributed by atoms with Crippen molar-refractivity contribution in [3.05, 3.63) is 18.0 Å².